The maximum absolute atomic E-state index is 11.9. The molecular weight excluding hydrogens is 266 g/mol. The number of amides is 1. The van der Waals surface area contributed by atoms with Gasteiger partial charge in [0.2, 0.25) is 5.91 Å². The molecule has 1 aromatic rings. The number of carbonyl (C=O) groups is 1. The molecule has 21 heavy (non-hydrogen) atoms. The van der Waals surface area contributed by atoms with Gasteiger partial charge in [-0.2, -0.15) is 0 Å². The van der Waals surface area contributed by atoms with Crippen LogP contribution in [0, 0.1) is 6.92 Å². The molecule has 1 saturated heterocycles. The van der Waals surface area contributed by atoms with Gasteiger partial charge in [0.25, 0.3) is 0 Å². The van der Waals surface area contributed by atoms with Crippen molar-refractivity contribution in [3.05, 3.63) is 11.4 Å². The third-order valence-corrected chi connectivity index (χ3v) is 3.75. The Balaban J connectivity index is 2.39. The van der Waals surface area contributed by atoms with Crippen LogP contribution in [-0.4, -0.2) is 54.0 Å². The van der Waals surface area contributed by atoms with Crippen LogP contribution in [0.3, 0.4) is 0 Å². The fourth-order valence-corrected chi connectivity index (χ4v) is 2.37. The molecule has 1 aromatic heterocycles. The van der Waals surface area contributed by atoms with E-state index in [0.717, 1.165) is 42.7 Å². The Hall–Kier alpha value is -1.85. The number of carbonyl (C=O) groups excluding carboxylic acids is 1. The quantitative estimate of drug-likeness (QED) is 0.913. The van der Waals surface area contributed by atoms with E-state index in [1.165, 1.54) is 0 Å². The molecule has 6 nitrogen and oxygen atoms in total. The Bertz CT molecular complexity index is 529. The summed E-state index contributed by atoms with van der Waals surface area (Å²) < 4.78 is 0. The second-order valence-corrected chi connectivity index (χ2v) is 5.80. The summed E-state index contributed by atoms with van der Waals surface area (Å²) in [4.78, 5) is 25.1. The van der Waals surface area contributed by atoms with E-state index in [1.807, 2.05) is 14.0 Å². The molecular formula is C15H25N5O. The van der Waals surface area contributed by atoms with Gasteiger partial charge in [-0.3, -0.25) is 4.79 Å². The number of nitrogens with one attached hydrogen (secondary N) is 1. The van der Waals surface area contributed by atoms with E-state index in [-0.39, 0.29) is 11.8 Å². The molecule has 0 aromatic carbocycles. The van der Waals surface area contributed by atoms with E-state index in [1.54, 1.807) is 4.90 Å². The second-order valence-electron chi connectivity index (χ2n) is 5.80. The van der Waals surface area contributed by atoms with Crippen molar-refractivity contribution >= 4 is 17.5 Å². The normalized spacial score (nSPS) is 15.8. The Morgan fingerprint density at radius 3 is 2.57 bits per heavy atom. The predicted molar refractivity (Wildman–Crippen MR) is 84.9 cm³/mol. The van der Waals surface area contributed by atoms with Crippen molar-refractivity contribution in [1.29, 1.82) is 0 Å². The van der Waals surface area contributed by atoms with Crippen molar-refractivity contribution in [3.63, 3.8) is 0 Å². The maximum atomic E-state index is 11.9. The number of hydrogen-bond acceptors (Lipinski definition) is 5. The van der Waals surface area contributed by atoms with Crippen LogP contribution < -0.4 is 10.2 Å². The molecule has 1 aliphatic heterocycles. The highest BCUT2D eigenvalue weighted by molar-refractivity contribution is 5.82. The average Bonchev–Trinajstić information content (AvgIpc) is 2.44. The van der Waals surface area contributed by atoms with Crippen LogP contribution in [0.2, 0.25) is 0 Å². The first kappa shape index (κ1) is 15.5. The molecule has 1 N–H and O–H groups in total. The second kappa shape index (κ2) is 6.28. The maximum Gasteiger partial charge on any atom is 0.241 e. The highest BCUT2D eigenvalue weighted by atomic mass is 16.2. The number of piperazine rings is 1. The zero-order valence-electron chi connectivity index (χ0n) is 13.6. The highest BCUT2D eigenvalue weighted by Gasteiger charge is 2.25. The van der Waals surface area contributed by atoms with Crippen molar-refractivity contribution in [2.75, 3.05) is 43.4 Å². The Kier molecular flexibility index (Phi) is 4.65. The Labute approximate surface area is 126 Å². The molecule has 2 heterocycles. The molecule has 0 spiro atoms. The van der Waals surface area contributed by atoms with Crippen LogP contribution in [-0.2, 0) is 4.79 Å². The van der Waals surface area contributed by atoms with Gasteiger partial charge in [0.1, 0.15) is 17.5 Å². The molecule has 116 valence electrons. The summed E-state index contributed by atoms with van der Waals surface area (Å²) in [5.74, 6) is 2.96. The number of anilines is 2. The fraction of sp³-hybridized carbons (Fsp3) is 0.667. The van der Waals surface area contributed by atoms with E-state index in [0.29, 0.717) is 6.54 Å². The van der Waals surface area contributed by atoms with Gasteiger partial charge in [0.15, 0.2) is 0 Å². The summed E-state index contributed by atoms with van der Waals surface area (Å²) in [7, 11) is 1.84. The van der Waals surface area contributed by atoms with Gasteiger partial charge < -0.3 is 15.1 Å². The summed E-state index contributed by atoms with van der Waals surface area (Å²) in [6.45, 7) is 11.0. The van der Waals surface area contributed by atoms with Crippen LogP contribution in [0.15, 0.2) is 0 Å². The van der Waals surface area contributed by atoms with Gasteiger partial charge >= 0.3 is 0 Å². The summed E-state index contributed by atoms with van der Waals surface area (Å²) >= 11 is 0. The summed E-state index contributed by atoms with van der Waals surface area (Å²) in [6, 6.07) is 0. The lowest BCUT2D eigenvalue weighted by Gasteiger charge is -2.34. The molecule has 0 atom stereocenters. The van der Waals surface area contributed by atoms with Crippen LogP contribution >= 0.6 is 0 Å². The largest absolute Gasteiger partial charge is 0.370 e. The number of rotatable bonds is 4. The van der Waals surface area contributed by atoms with Crippen molar-refractivity contribution < 1.29 is 4.79 Å². The smallest absolute Gasteiger partial charge is 0.241 e. The molecule has 0 radical (unpaired) electrons. The molecule has 0 bridgehead atoms. The van der Waals surface area contributed by atoms with E-state index in [9.17, 15) is 4.79 Å². The van der Waals surface area contributed by atoms with E-state index >= 15 is 0 Å². The third-order valence-electron chi connectivity index (χ3n) is 3.75. The van der Waals surface area contributed by atoms with E-state index in [2.05, 4.69) is 36.0 Å². The van der Waals surface area contributed by atoms with Gasteiger partial charge in [0, 0.05) is 38.2 Å². The van der Waals surface area contributed by atoms with Gasteiger partial charge in [-0.15, -0.1) is 0 Å². The van der Waals surface area contributed by atoms with E-state index < -0.39 is 0 Å². The number of nitrogens with zero attached hydrogens (tertiary/aromatic N) is 4. The Morgan fingerprint density at radius 1 is 1.29 bits per heavy atom. The molecule has 6 heteroatoms. The minimum absolute atomic E-state index is 0.135. The first-order chi connectivity index (χ1) is 9.93. The van der Waals surface area contributed by atoms with Crippen LogP contribution in [0.1, 0.15) is 38.1 Å². The van der Waals surface area contributed by atoms with Crippen molar-refractivity contribution in [3.8, 4) is 0 Å². The monoisotopic (exact) mass is 291 g/mol. The van der Waals surface area contributed by atoms with Crippen LogP contribution in [0.4, 0.5) is 11.6 Å². The number of likely N-dealkylation sites (N-methyl/N-ethyl adjacent to an activating group) is 1. The number of hydrogen-bond donors (Lipinski definition) is 1. The van der Waals surface area contributed by atoms with Gasteiger partial charge in [-0.25, -0.2) is 9.97 Å². The summed E-state index contributed by atoms with van der Waals surface area (Å²) in [5, 5.41) is 3.30. The molecule has 2 rings (SSSR count). The van der Waals surface area contributed by atoms with Gasteiger partial charge in [0.05, 0.1) is 6.54 Å². The van der Waals surface area contributed by atoms with Crippen molar-refractivity contribution in [2.45, 2.75) is 33.6 Å². The topological polar surface area (TPSA) is 61.4 Å². The molecule has 0 aliphatic carbocycles. The lowest BCUT2D eigenvalue weighted by molar-refractivity contribution is -0.129. The third kappa shape index (κ3) is 3.25. The lowest BCUT2D eigenvalue weighted by Crippen LogP contribution is -2.49. The number of aromatic nitrogens is 2. The van der Waals surface area contributed by atoms with Crippen molar-refractivity contribution in [1.82, 2.24) is 14.9 Å². The Morgan fingerprint density at radius 2 is 2.00 bits per heavy atom. The zero-order chi connectivity index (χ0) is 15.6. The minimum atomic E-state index is 0.135. The average molecular weight is 291 g/mol. The van der Waals surface area contributed by atoms with Gasteiger partial charge in [-0.1, -0.05) is 13.8 Å². The van der Waals surface area contributed by atoms with E-state index in [4.69, 9.17) is 4.98 Å². The molecule has 1 fully saturated rings. The fourth-order valence-electron chi connectivity index (χ4n) is 2.37. The van der Waals surface area contributed by atoms with Crippen LogP contribution in [0.25, 0.3) is 0 Å². The summed E-state index contributed by atoms with van der Waals surface area (Å²) in [5.41, 5.74) is 1.01. The first-order valence-electron chi connectivity index (χ1n) is 7.55. The SMILES string of the molecule is CCNc1nc(C(C)C)nc(N2CCN(C)C(=O)C2)c1C. The standard InChI is InChI=1S/C15H25N5O/c1-6-16-14-11(4)15(18-13(17-14)10(2)3)20-8-7-19(5)12(21)9-20/h10H,6-9H2,1-5H3,(H,16,17,18). The zero-order valence-corrected chi connectivity index (χ0v) is 13.6. The molecule has 0 unspecified atom stereocenters. The molecule has 1 amide bonds. The van der Waals surface area contributed by atoms with Crippen molar-refractivity contribution in [2.24, 2.45) is 0 Å². The minimum Gasteiger partial charge on any atom is -0.370 e. The lowest BCUT2D eigenvalue weighted by atomic mass is 10.2. The highest BCUT2D eigenvalue weighted by Crippen LogP contribution is 2.26. The van der Waals surface area contributed by atoms with Gasteiger partial charge in [-0.05, 0) is 13.8 Å². The molecule has 1 aliphatic rings. The summed E-state index contributed by atoms with van der Waals surface area (Å²) in [6.07, 6.45) is 0. The molecule has 0 saturated carbocycles. The predicted octanol–water partition coefficient (Wildman–Crippen LogP) is 1.62. The first-order valence-corrected chi connectivity index (χ1v) is 7.55. The van der Waals surface area contributed by atoms with Crippen LogP contribution in [0.5, 0.6) is 0 Å².